The maximum absolute atomic E-state index is 13.3. The number of rotatable bonds is 5. The zero-order chi connectivity index (χ0) is 10.4. The van der Waals surface area contributed by atoms with E-state index in [2.05, 4.69) is 12.2 Å². The van der Waals surface area contributed by atoms with E-state index in [1.165, 1.54) is 13.2 Å². The molecule has 1 N–H and O–H groups in total. The standard InChI is InChI=1S/C11H16FNO/c1-3-6-13-8-9-4-5-10(14-2)7-11(9)12/h4-5,7,13H,3,6,8H2,1-2H3. The summed E-state index contributed by atoms with van der Waals surface area (Å²) < 4.78 is 18.3. The fourth-order valence-corrected chi connectivity index (χ4v) is 1.20. The SMILES string of the molecule is CCCNCc1ccc(OC)cc1F. The van der Waals surface area contributed by atoms with Crippen molar-refractivity contribution in [3.63, 3.8) is 0 Å². The first-order valence-electron chi connectivity index (χ1n) is 4.81. The van der Waals surface area contributed by atoms with Gasteiger partial charge in [0.05, 0.1) is 7.11 Å². The molecule has 0 saturated heterocycles. The number of benzene rings is 1. The molecule has 0 heterocycles. The first-order chi connectivity index (χ1) is 6.77. The minimum Gasteiger partial charge on any atom is -0.497 e. The lowest BCUT2D eigenvalue weighted by atomic mass is 10.2. The van der Waals surface area contributed by atoms with E-state index in [0.29, 0.717) is 17.9 Å². The molecule has 1 aromatic rings. The Bertz CT molecular complexity index is 289. The van der Waals surface area contributed by atoms with Crippen LogP contribution >= 0.6 is 0 Å². The Hall–Kier alpha value is -1.09. The monoisotopic (exact) mass is 197 g/mol. The molecule has 0 aromatic heterocycles. The molecule has 0 amide bonds. The van der Waals surface area contributed by atoms with Crippen LogP contribution in [0.3, 0.4) is 0 Å². The molecule has 0 fully saturated rings. The number of nitrogens with one attached hydrogen (secondary N) is 1. The molecule has 0 radical (unpaired) electrons. The van der Waals surface area contributed by atoms with E-state index in [-0.39, 0.29) is 5.82 Å². The maximum Gasteiger partial charge on any atom is 0.131 e. The Kier molecular flexibility index (Phi) is 4.40. The second-order valence-electron chi connectivity index (χ2n) is 3.13. The highest BCUT2D eigenvalue weighted by atomic mass is 19.1. The summed E-state index contributed by atoms with van der Waals surface area (Å²) in [5.41, 5.74) is 0.680. The fraction of sp³-hybridized carbons (Fsp3) is 0.455. The van der Waals surface area contributed by atoms with E-state index >= 15 is 0 Å². The molecular weight excluding hydrogens is 181 g/mol. The zero-order valence-electron chi connectivity index (χ0n) is 8.64. The second-order valence-corrected chi connectivity index (χ2v) is 3.13. The average molecular weight is 197 g/mol. The third-order valence-electron chi connectivity index (χ3n) is 2.00. The molecule has 0 saturated carbocycles. The highest BCUT2D eigenvalue weighted by molar-refractivity contribution is 5.28. The van der Waals surface area contributed by atoms with Gasteiger partial charge in [-0.1, -0.05) is 13.0 Å². The highest BCUT2D eigenvalue weighted by Crippen LogP contribution is 2.15. The summed E-state index contributed by atoms with van der Waals surface area (Å²) in [7, 11) is 1.53. The van der Waals surface area contributed by atoms with Crippen LogP contribution < -0.4 is 10.1 Å². The lowest BCUT2D eigenvalue weighted by Crippen LogP contribution is -2.14. The summed E-state index contributed by atoms with van der Waals surface area (Å²) in [5.74, 6) is 0.342. The third-order valence-corrected chi connectivity index (χ3v) is 2.00. The van der Waals surface area contributed by atoms with Gasteiger partial charge in [0.15, 0.2) is 0 Å². The first-order valence-corrected chi connectivity index (χ1v) is 4.81. The van der Waals surface area contributed by atoms with Crippen molar-refractivity contribution in [1.82, 2.24) is 5.32 Å². The summed E-state index contributed by atoms with van der Waals surface area (Å²) in [5, 5.41) is 3.15. The van der Waals surface area contributed by atoms with Crippen LogP contribution in [0.1, 0.15) is 18.9 Å². The summed E-state index contributed by atoms with van der Waals surface area (Å²) in [4.78, 5) is 0. The predicted octanol–water partition coefficient (Wildman–Crippen LogP) is 2.33. The number of halogens is 1. The molecule has 0 aliphatic heterocycles. The van der Waals surface area contributed by atoms with Gasteiger partial charge in [0.1, 0.15) is 11.6 Å². The van der Waals surface area contributed by atoms with Gasteiger partial charge in [-0.15, -0.1) is 0 Å². The molecule has 1 aromatic carbocycles. The minimum absolute atomic E-state index is 0.215. The molecule has 0 aliphatic rings. The molecule has 0 aliphatic carbocycles. The van der Waals surface area contributed by atoms with Crippen LogP contribution in [0.25, 0.3) is 0 Å². The van der Waals surface area contributed by atoms with Crippen LogP contribution in [0.4, 0.5) is 4.39 Å². The minimum atomic E-state index is -0.215. The molecule has 3 heteroatoms. The van der Waals surface area contributed by atoms with Gasteiger partial charge < -0.3 is 10.1 Å². The van der Waals surface area contributed by atoms with Gasteiger partial charge in [-0.3, -0.25) is 0 Å². The van der Waals surface area contributed by atoms with Gasteiger partial charge in [-0.25, -0.2) is 4.39 Å². The van der Waals surface area contributed by atoms with Crippen molar-refractivity contribution in [1.29, 1.82) is 0 Å². The molecule has 78 valence electrons. The molecular formula is C11H16FNO. The van der Waals surface area contributed by atoms with Gasteiger partial charge in [0, 0.05) is 18.2 Å². The second kappa shape index (κ2) is 5.60. The van der Waals surface area contributed by atoms with Crippen LogP contribution in [0, 0.1) is 5.82 Å². The predicted molar refractivity (Wildman–Crippen MR) is 54.9 cm³/mol. The summed E-state index contributed by atoms with van der Waals surface area (Å²) in [6.45, 7) is 3.56. The molecule has 0 spiro atoms. The van der Waals surface area contributed by atoms with E-state index in [9.17, 15) is 4.39 Å². The lowest BCUT2D eigenvalue weighted by Gasteiger charge is -2.06. The Balaban J connectivity index is 2.59. The Morgan fingerprint density at radius 3 is 2.79 bits per heavy atom. The van der Waals surface area contributed by atoms with Gasteiger partial charge in [0.2, 0.25) is 0 Å². The van der Waals surface area contributed by atoms with E-state index < -0.39 is 0 Å². The Labute approximate surface area is 84.1 Å². The number of ether oxygens (including phenoxy) is 1. The molecule has 1 rings (SSSR count). The highest BCUT2D eigenvalue weighted by Gasteiger charge is 2.02. The average Bonchev–Trinajstić information content (AvgIpc) is 2.20. The zero-order valence-corrected chi connectivity index (χ0v) is 8.64. The van der Waals surface area contributed by atoms with Crippen molar-refractivity contribution in [2.75, 3.05) is 13.7 Å². The molecule has 0 bridgehead atoms. The van der Waals surface area contributed by atoms with Crippen LogP contribution in [-0.4, -0.2) is 13.7 Å². The number of methoxy groups -OCH3 is 1. The van der Waals surface area contributed by atoms with Gasteiger partial charge >= 0.3 is 0 Å². The van der Waals surface area contributed by atoms with Crippen molar-refractivity contribution in [2.24, 2.45) is 0 Å². The van der Waals surface area contributed by atoms with Crippen molar-refractivity contribution >= 4 is 0 Å². The van der Waals surface area contributed by atoms with Gasteiger partial charge in [0.25, 0.3) is 0 Å². The van der Waals surface area contributed by atoms with Crippen LogP contribution in [0.15, 0.2) is 18.2 Å². The van der Waals surface area contributed by atoms with Crippen molar-refractivity contribution < 1.29 is 9.13 Å². The third kappa shape index (κ3) is 3.00. The molecule has 0 atom stereocenters. The smallest absolute Gasteiger partial charge is 0.131 e. The normalized spacial score (nSPS) is 10.2. The summed E-state index contributed by atoms with van der Waals surface area (Å²) >= 11 is 0. The van der Waals surface area contributed by atoms with E-state index in [1.54, 1.807) is 12.1 Å². The van der Waals surface area contributed by atoms with Crippen molar-refractivity contribution in [3.8, 4) is 5.75 Å². The largest absolute Gasteiger partial charge is 0.497 e. The Morgan fingerprint density at radius 1 is 1.43 bits per heavy atom. The topological polar surface area (TPSA) is 21.3 Å². The molecule has 14 heavy (non-hydrogen) atoms. The summed E-state index contributed by atoms with van der Waals surface area (Å²) in [6, 6.07) is 4.92. The lowest BCUT2D eigenvalue weighted by molar-refractivity contribution is 0.410. The number of hydrogen-bond acceptors (Lipinski definition) is 2. The van der Waals surface area contributed by atoms with Crippen LogP contribution in [0.5, 0.6) is 5.75 Å². The van der Waals surface area contributed by atoms with Crippen molar-refractivity contribution in [2.45, 2.75) is 19.9 Å². The fourth-order valence-electron chi connectivity index (χ4n) is 1.20. The quantitative estimate of drug-likeness (QED) is 0.731. The molecule has 2 nitrogen and oxygen atoms in total. The van der Waals surface area contributed by atoms with Crippen molar-refractivity contribution in [3.05, 3.63) is 29.6 Å². The van der Waals surface area contributed by atoms with Crippen LogP contribution in [0.2, 0.25) is 0 Å². The van der Waals surface area contributed by atoms with Gasteiger partial charge in [-0.05, 0) is 19.0 Å². The van der Waals surface area contributed by atoms with E-state index in [0.717, 1.165) is 13.0 Å². The van der Waals surface area contributed by atoms with Crippen LogP contribution in [-0.2, 0) is 6.54 Å². The molecule has 0 unspecified atom stereocenters. The van der Waals surface area contributed by atoms with E-state index in [1.807, 2.05) is 0 Å². The Morgan fingerprint density at radius 2 is 2.21 bits per heavy atom. The van der Waals surface area contributed by atoms with E-state index in [4.69, 9.17) is 4.74 Å². The summed E-state index contributed by atoms with van der Waals surface area (Å²) in [6.07, 6.45) is 1.05. The van der Waals surface area contributed by atoms with Gasteiger partial charge in [-0.2, -0.15) is 0 Å². The first kappa shape index (κ1) is 11.0. The maximum atomic E-state index is 13.3. The number of hydrogen-bond donors (Lipinski definition) is 1.